The van der Waals surface area contributed by atoms with Crippen molar-refractivity contribution < 1.29 is 9.90 Å². The van der Waals surface area contributed by atoms with E-state index in [4.69, 9.17) is 28.3 Å². The molecule has 0 saturated carbocycles. The van der Waals surface area contributed by atoms with Crippen molar-refractivity contribution in [3.63, 3.8) is 0 Å². The van der Waals surface area contributed by atoms with Gasteiger partial charge < -0.3 is 5.11 Å². The van der Waals surface area contributed by atoms with E-state index >= 15 is 0 Å². The van der Waals surface area contributed by atoms with E-state index < -0.39 is 5.97 Å². The fourth-order valence-corrected chi connectivity index (χ4v) is 1.40. The molecule has 82 valence electrons. The largest absolute Gasteiger partial charge is 0.476 e. The van der Waals surface area contributed by atoms with E-state index in [-0.39, 0.29) is 16.0 Å². The van der Waals surface area contributed by atoms with Crippen LogP contribution in [0.15, 0.2) is 18.3 Å². The number of rotatable bonds is 2. The van der Waals surface area contributed by atoms with Crippen molar-refractivity contribution in [1.82, 2.24) is 20.0 Å². The molecule has 8 heteroatoms. The second-order valence-electron chi connectivity index (χ2n) is 2.79. The quantitative estimate of drug-likeness (QED) is 0.887. The SMILES string of the molecule is O=C(O)c1ccn(-c2cc(Cl)nnc2Cl)n1. The molecular formula is C8H4Cl2N4O2. The number of halogens is 2. The summed E-state index contributed by atoms with van der Waals surface area (Å²) in [6, 6.07) is 2.78. The van der Waals surface area contributed by atoms with Crippen molar-refractivity contribution in [3.05, 3.63) is 34.3 Å². The molecule has 0 amide bonds. The first-order valence-corrected chi connectivity index (χ1v) is 4.81. The van der Waals surface area contributed by atoms with Crippen LogP contribution in [0, 0.1) is 0 Å². The normalized spacial score (nSPS) is 10.4. The maximum atomic E-state index is 10.6. The Labute approximate surface area is 99.4 Å². The van der Waals surface area contributed by atoms with Gasteiger partial charge in [-0.2, -0.15) is 5.10 Å². The first-order chi connectivity index (χ1) is 7.58. The highest BCUT2D eigenvalue weighted by atomic mass is 35.5. The van der Waals surface area contributed by atoms with Gasteiger partial charge in [0.2, 0.25) is 0 Å². The number of nitrogens with zero attached hydrogens (tertiary/aromatic N) is 4. The fourth-order valence-electron chi connectivity index (χ4n) is 1.08. The zero-order valence-electron chi connectivity index (χ0n) is 7.63. The molecule has 0 aliphatic rings. The van der Waals surface area contributed by atoms with Crippen LogP contribution in [0.3, 0.4) is 0 Å². The molecule has 2 rings (SSSR count). The summed E-state index contributed by atoms with van der Waals surface area (Å²) in [5.41, 5.74) is 0.276. The molecule has 16 heavy (non-hydrogen) atoms. The Hall–Kier alpha value is -1.66. The molecule has 0 atom stereocenters. The molecule has 0 fully saturated rings. The lowest BCUT2D eigenvalue weighted by Crippen LogP contribution is -2.02. The van der Waals surface area contributed by atoms with Crippen molar-refractivity contribution in [2.24, 2.45) is 0 Å². The smallest absolute Gasteiger partial charge is 0.356 e. The van der Waals surface area contributed by atoms with E-state index in [2.05, 4.69) is 15.3 Å². The lowest BCUT2D eigenvalue weighted by molar-refractivity contribution is 0.0690. The summed E-state index contributed by atoms with van der Waals surface area (Å²) in [5.74, 6) is -1.12. The molecular weight excluding hydrogens is 255 g/mol. The Morgan fingerprint density at radius 2 is 2.12 bits per heavy atom. The topological polar surface area (TPSA) is 80.9 Å². The third-order valence-electron chi connectivity index (χ3n) is 1.76. The van der Waals surface area contributed by atoms with Crippen LogP contribution in [0.2, 0.25) is 10.3 Å². The van der Waals surface area contributed by atoms with Crippen molar-refractivity contribution >= 4 is 29.2 Å². The first kappa shape index (κ1) is 10.8. The average molecular weight is 259 g/mol. The Morgan fingerprint density at radius 3 is 2.75 bits per heavy atom. The number of hydrogen-bond acceptors (Lipinski definition) is 4. The third kappa shape index (κ3) is 1.98. The number of aromatic nitrogens is 4. The molecule has 0 aliphatic heterocycles. The second-order valence-corrected chi connectivity index (χ2v) is 3.54. The van der Waals surface area contributed by atoms with Gasteiger partial charge in [-0.1, -0.05) is 23.2 Å². The van der Waals surface area contributed by atoms with E-state index in [1.165, 1.54) is 23.0 Å². The van der Waals surface area contributed by atoms with Gasteiger partial charge in [0.1, 0.15) is 5.69 Å². The highest BCUT2D eigenvalue weighted by Gasteiger charge is 2.11. The molecule has 2 aromatic rings. The minimum absolute atomic E-state index is 0.0874. The fraction of sp³-hybridized carbons (Fsp3) is 0. The monoisotopic (exact) mass is 258 g/mol. The third-order valence-corrected chi connectivity index (χ3v) is 2.21. The molecule has 0 bridgehead atoms. The Bertz CT molecular complexity index is 555. The second kappa shape index (κ2) is 4.07. The summed E-state index contributed by atoms with van der Waals surface area (Å²) in [6.45, 7) is 0. The van der Waals surface area contributed by atoms with Gasteiger partial charge in [0.15, 0.2) is 16.0 Å². The lowest BCUT2D eigenvalue weighted by atomic mass is 10.4. The molecule has 6 nitrogen and oxygen atoms in total. The van der Waals surface area contributed by atoms with E-state index in [9.17, 15) is 4.79 Å². The number of aromatic carboxylic acids is 1. The highest BCUT2D eigenvalue weighted by molar-refractivity contribution is 6.32. The van der Waals surface area contributed by atoms with Crippen molar-refractivity contribution in [1.29, 1.82) is 0 Å². The van der Waals surface area contributed by atoms with Crippen LogP contribution in [0.1, 0.15) is 10.5 Å². The summed E-state index contributed by atoms with van der Waals surface area (Å²) in [6.07, 6.45) is 1.45. The number of carbonyl (C=O) groups is 1. The van der Waals surface area contributed by atoms with Crippen LogP contribution in [0.25, 0.3) is 5.69 Å². The van der Waals surface area contributed by atoms with Crippen LogP contribution >= 0.6 is 23.2 Å². The van der Waals surface area contributed by atoms with E-state index in [1.807, 2.05) is 0 Å². The number of carboxylic acid groups (broad SMARTS) is 1. The van der Waals surface area contributed by atoms with Gasteiger partial charge in [0, 0.05) is 12.3 Å². The molecule has 2 aromatic heterocycles. The summed E-state index contributed by atoms with van der Waals surface area (Å²) < 4.78 is 1.27. The van der Waals surface area contributed by atoms with Crippen molar-refractivity contribution in [3.8, 4) is 5.69 Å². The van der Waals surface area contributed by atoms with E-state index in [0.29, 0.717) is 5.69 Å². The maximum absolute atomic E-state index is 10.6. The zero-order chi connectivity index (χ0) is 11.7. The Balaban J connectivity index is 2.50. The maximum Gasteiger partial charge on any atom is 0.356 e. The summed E-state index contributed by atoms with van der Waals surface area (Å²) in [5, 5.41) is 19.8. The number of hydrogen-bond donors (Lipinski definition) is 1. The molecule has 2 heterocycles. The van der Waals surface area contributed by atoms with E-state index in [0.717, 1.165) is 0 Å². The molecule has 0 saturated heterocycles. The molecule has 0 radical (unpaired) electrons. The minimum atomic E-state index is -1.12. The lowest BCUT2D eigenvalue weighted by Gasteiger charge is -2.02. The Kier molecular flexibility index (Phi) is 2.76. The van der Waals surface area contributed by atoms with Gasteiger partial charge in [0.25, 0.3) is 0 Å². The van der Waals surface area contributed by atoms with Gasteiger partial charge in [-0.05, 0) is 6.07 Å². The first-order valence-electron chi connectivity index (χ1n) is 4.06. The standard InChI is InChI=1S/C8H4Cl2N4O2/c9-6-3-5(7(10)12-11-6)14-2-1-4(13-14)8(15)16/h1-3H,(H,15,16). The van der Waals surface area contributed by atoms with Gasteiger partial charge in [-0.15, -0.1) is 10.2 Å². The molecule has 0 unspecified atom stereocenters. The van der Waals surface area contributed by atoms with Gasteiger partial charge in [0.05, 0.1) is 0 Å². The minimum Gasteiger partial charge on any atom is -0.476 e. The van der Waals surface area contributed by atoms with Crippen LogP contribution in [-0.4, -0.2) is 31.1 Å². The van der Waals surface area contributed by atoms with E-state index in [1.54, 1.807) is 0 Å². The van der Waals surface area contributed by atoms with Crippen molar-refractivity contribution in [2.45, 2.75) is 0 Å². The van der Waals surface area contributed by atoms with Gasteiger partial charge in [-0.25, -0.2) is 9.48 Å². The van der Waals surface area contributed by atoms with Gasteiger partial charge >= 0.3 is 5.97 Å². The summed E-state index contributed by atoms with van der Waals surface area (Å²) in [4.78, 5) is 10.6. The van der Waals surface area contributed by atoms with Crippen LogP contribution in [-0.2, 0) is 0 Å². The molecule has 0 aromatic carbocycles. The predicted octanol–water partition coefficient (Wildman–Crippen LogP) is 1.67. The Morgan fingerprint density at radius 1 is 1.38 bits per heavy atom. The van der Waals surface area contributed by atoms with Crippen LogP contribution < -0.4 is 0 Å². The highest BCUT2D eigenvalue weighted by Crippen LogP contribution is 2.19. The van der Waals surface area contributed by atoms with Crippen LogP contribution in [0.5, 0.6) is 0 Å². The van der Waals surface area contributed by atoms with Gasteiger partial charge in [-0.3, -0.25) is 0 Å². The summed E-state index contributed by atoms with van der Waals surface area (Å²) >= 11 is 11.4. The zero-order valence-corrected chi connectivity index (χ0v) is 9.14. The molecule has 0 spiro atoms. The van der Waals surface area contributed by atoms with Crippen molar-refractivity contribution in [2.75, 3.05) is 0 Å². The molecule has 1 N–H and O–H groups in total. The average Bonchev–Trinajstić information content (AvgIpc) is 2.70. The predicted molar refractivity (Wildman–Crippen MR) is 56.1 cm³/mol. The number of carboxylic acids is 1. The molecule has 0 aliphatic carbocycles. The van der Waals surface area contributed by atoms with Crippen LogP contribution in [0.4, 0.5) is 0 Å². The summed E-state index contributed by atoms with van der Waals surface area (Å²) in [7, 11) is 0.